The molecular formula is C16H27NO. The number of hydrogen-bond acceptors (Lipinski definition) is 1. The van der Waals surface area contributed by atoms with Crippen LogP contribution in [0, 0.1) is 5.92 Å². The summed E-state index contributed by atoms with van der Waals surface area (Å²) < 4.78 is 0. The van der Waals surface area contributed by atoms with Crippen LogP contribution in [0.1, 0.15) is 40.5 Å². The van der Waals surface area contributed by atoms with Crippen LogP contribution in [0.25, 0.3) is 0 Å². The van der Waals surface area contributed by atoms with Crippen molar-refractivity contribution in [3.63, 3.8) is 0 Å². The SMILES string of the molecule is C=C/C=C\C=C(\C)CN(CCCC)C(=O)C(C)C. The highest BCUT2D eigenvalue weighted by Crippen LogP contribution is 2.07. The summed E-state index contributed by atoms with van der Waals surface area (Å²) >= 11 is 0. The van der Waals surface area contributed by atoms with Crippen molar-refractivity contribution in [2.45, 2.75) is 40.5 Å². The lowest BCUT2D eigenvalue weighted by atomic mass is 10.1. The van der Waals surface area contributed by atoms with E-state index < -0.39 is 0 Å². The molecule has 0 fully saturated rings. The Kier molecular flexibility index (Phi) is 8.99. The second kappa shape index (κ2) is 9.69. The minimum absolute atomic E-state index is 0.0679. The van der Waals surface area contributed by atoms with E-state index in [1.807, 2.05) is 37.0 Å². The zero-order valence-corrected chi connectivity index (χ0v) is 12.3. The molecule has 0 rings (SSSR count). The first-order chi connectivity index (χ1) is 8.52. The van der Waals surface area contributed by atoms with E-state index in [9.17, 15) is 4.79 Å². The van der Waals surface area contributed by atoms with E-state index in [-0.39, 0.29) is 11.8 Å². The van der Waals surface area contributed by atoms with Crippen LogP contribution in [0.15, 0.2) is 36.5 Å². The van der Waals surface area contributed by atoms with Crippen LogP contribution >= 0.6 is 0 Å². The summed E-state index contributed by atoms with van der Waals surface area (Å²) in [6.45, 7) is 13.3. The van der Waals surface area contributed by atoms with E-state index in [1.165, 1.54) is 5.57 Å². The van der Waals surface area contributed by atoms with Gasteiger partial charge in [-0.3, -0.25) is 4.79 Å². The fourth-order valence-corrected chi connectivity index (χ4v) is 1.63. The third kappa shape index (κ3) is 7.10. The highest BCUT2D eigenvalue weighted by atomic mass is 16.2. The third-order valence-electron chi connectivity index (χ3n) is 2.66. The summed E-state index contributed by atoms with van der Waals surface area (Å²) in [5.41, 5.74) is 1.19. The van der Waals surface area contributed by atoms with Crippen molar-refractivity contribution in [3.05, 3.63) is 36.5 Å². The first-order valence-electron chi connectivity index (χ1n) is 6.76. The van der Waals surface area contributed by atoms with Crippen molar-refractivity contribution in [1.29, 1.82) is 0 Å². The van der Waals surface area contributed by atoms with Crippen molar-refractivity contribution in [1.82, 2.24) is 4.90 Å². The minimum atomic E-state index is 0.0679. The Balaban J connectivity index is 4.57. The van der Waals surface area contributed by atoms with Gasteiger partial charge in [-0.25, -0.2) is 0 Å². The molecule has 0 aromatic heterocycles. The van der Waals surface area contributed by atoms with Crippen molar-refractivity contribution in [3.8, 4) is 0 Å². The molecule has 0 aromatic rings. The van der Waals surface area contributed by atoms with Gasteiger partial charge >= 0.3 is 0 Å². The van der Waals surface area contributed by atoms with Gasteiger partial charge in [-0.15, -0.1) is 0 Å². The van der Waals surface area contributed by atoms with Gasteiger partial charge in [0.15, 0.2) is 0 Å². The molecule has 0 aliphatic carbocycles. The summed E-state index contributed by atoms with van der Waals surface area (Å²) in [6, 6.07) is 0. The highest BCUT2D eigenvalue weighted by Gasteiger charge is 2.16. The van der Waals surface area contributed by atoms with Crippen LogP contribution in [0.5, 0.6) is 0 Å². The maximum Gasteiger partial charge on any atom is 0.225 e. The Morgan fingerprint density at radius 3 is 2.50 bits per heavy atom. The number of amides is 1. The number of allylic oxidation sites excluding steroid dienone is 4. The molecule has 0 spiro atoms. The number of nitrogens with zero attached hydrogens (tertiary/aromatic N) is 1. The second-order valence-corrected chi connectivity index (χ2v) is 4.90. The lowest BCUT2D eigenvalue weighted by molar-refractivity contribution is -0.134. The molecule has 18 heavy (non-hydrogen) atoms. The Morgan fingerprint density at radius 2 is 2.00 bits per heavy atom. The molecule has 0 bridgehead atoms. The largest absolute Gasteiger partial charge is 0.338 e. The second-order valence-electron chi connectivity index (χ2n) is 4.90. The number of carbonyl (C=O) groups excluding carboxylic acids is 1. The fourth-order valence-electron chi connectivity index (χ4n) is 1.63. The van der Waals surface area contributed by atoms with Crippen LogP contribution in [0.4, 0.5) is 0 Å². The van der Waals surface area contributed by atoms with Crippen LogP contribution in [-0.4, -0.2) is 23.9 Å². The molecule has 0 saturated carbocycles. The van der Waals surface area contributed by atoms with Crippen LogP contribution in [0.2, 0.25) is 0 Å². The summed E-state index contributed by atoms with van der Waals surface area (Å²) in [5.74, 6) is 0.308. The first kappa shape index (κ1) is 16.7. The number of unbranched alkanes of at least 4 members (excludes halogenated alkanes) is 1. The van der Waals surface area contributed by atoms with E-state index >= 15 is 0 Å². The third-order valence-corrected chi connectivity index (χ3v) is 2.66. The topological polar surface area (TPSA) is 20.3 Å². The molecule has 0 radical (unpaired) electrons. The van der Waals surface area contributed by atoms with Gasteiger partial charge in [-0.1, -0.05) is 63.6 Å². The predicted molar refractivity (Wildman–Crippen MR) is 79.4 cm³/mol. The predicted octanol–water partition coefficient (Wildman–Crippen LogP) is 3.96. The van der Waals surface area contributed by atoms with Crippen LogP contribution in [-0.2, 0) is 4.79 Å². The Hall–Kier alpha value is -1.31. The molecule has 0 atom stereocenters. The normalized spacial score (nSPS) is 12.2. The van der Waals surface area contributed by atoms with Gasteiger partial charge in [-0.05, 0) is 13.3 Å². The van der Waals surface area contributed by atoms with Crippen molar-refractivity contribution in [2.24, 2.45) is 5.92 Å². The summed E-state index contributed by atoms with van der Waals surface area (Å²) in [7, 11) is 0. The molecule has 0 saturated heterocycles. The van der Waals surface area contributed by atoms with Gasteiger partial charge in [0, 0.05) is 19.0 Å². The van der Waals surface area contributed by atoms with Gasteiger partial charge in [0.1, 0.15) is 0 Å². The minimum Gasteiger partial charge on any atom is -0.338 e. The van der Waals surface area contributed by atoms with Gasteiger partial charge < -0.3 is 4.90 Å². The highest BCUT2D eigenvalue weighted by molar-refractivity contribution is 5.78. The zero-order valence-electron chi connectivity index (χ0n) is 12.3. The van der Waals surface area contributed by atoms with Gasteiger partial charge in [0.05, 0.1) is 0 Å². The van der Waals surface area contributed by atoms with Crippen LogP contribution < -0.4 is 0 Å². The van der Waals surface area contributed by atoms with Crippen LogP contribution in [0.3, 0.4) is 0 Å². The summed E-state index contributed by atoms with van der Waals surface area (Å²) in [4.78, 5) is 14.0. The molecular weight excluding hydrogens is 222 g/mol. The first-order valence-corrected chi connectivity index (χ1v) is 6.76. The number of carbonyl (C=O) groups is 1. The Bertz CT molecular complexity index is 313. The van der Waals surface area contributed by atoms with Crippen molar-refractivity contribution >= 4 is 5.91 Å². The van der Waals surface area contributed by atoms with E-state index in [1.54, 1.807) is 6.08 Å². The summed E-state index contributed by atoms with van der Waals surface area (Å²) in [5, 5.41) is 0. The van der Waals surface area contributed by atoms with Gasteiger partial charge in [-0.2, -0.15) is 0 Å². The molecule has 0 N–H and O–H groups in total. The maximum atomic E-state index is 12.1. The van der Waals surface area contributed by atoms with E-state index in [4.69, 9.17) is 0 Å². The quantitative estimate of drug-likeness (QED) is 0.596. The van der Waals surface area contributed by atoms with Crippen molar-refractivity contribution < 1.29 is 4.79 Å². The smallest absolute Gasteiger partial charge is 0.225 e. The number of hydrogen-bond donors (Lipinski definition) is 0. The number of rotatable bonds is 8. The summed E-state index contributed by atoms with van der Waals surface area (Å²) in [6.07, 6.45) is 9.81. The molecule has 0 aliphatic heterocycles. The molecule has 2 nitrogen and oxygen atoms in total. The average molecular weight is 249 g/mol. The molecule has 0 heterocycles. The van der Waals surface area contributed by atoms with E-state index in [0.717, 1.165) is 25.9 Å². The lowest BCUT2D eigenvalue weighted by Crippen LogP contribution is -2.36. The Morgan fingerprint density at radius 1 is 1.33 bits per heavy atom. The molecule has 1 amide bonds. The van der Waals surface area contributed by atoms with Gasteiger partial charge in [0.2, 0.25) is 5.91 Å². The van der Waals surface area contributed by atoms with E-state index in [2.05, 4.69) is 20.4 Å². The molecule has 0 unspecified atom stereocenters. The van der Waals surface area contributed by atoms with Crippen molar-refractivity contribution in [2.75, 3.05) is 13.1 Å². The molecule has 102 valence electrons. The molecule has 2 heteroatoms. The molecule has 0 aromatic carbocycles. The van der Waals surface area contributed by atoms with Gasteiger partial charge in [0.25, 0.3) is 0 Å². The monoisotopic (exact) mass is 249 g/mol. The zero-order chi connectivity index (χ0) is 14.0. The maximum absolute atomic E-state index is 12.1. The Labute approximate surface area is 112 Å². The lowest BCUT2D eigenvalue weighted by Gasteiger charge is -2.24. The molecule has 0 aliphatic rings. The van der Waals surface area contributed by atoms with E-state index in [0.29, 0.717) is 0 Å². The average Bonchev–Trinajstić information content (AvgIpc) is 2.33. The standard InChI is InChI=1S/C16H27NO/c1-6-8-10-11-15(5)13-17(12-9-7-2)16(18)14(3)4/h6,8,10-11,14H,1,7,9,12-13H2,2-5H3/b10-8-,15-11-. The fraction of sp³-hybridized carbons (Fsp3) is 0.562.